The Morgan fingerprint density at radius 3 is 1.75 bits per heavy atom. The number of rotatable bonds is 7. The fourth-order valence-electron chi connectivity index (χ4n) is 3.71. The van der Waals surface area contributed by atoms with Crippen molar-refractivity contribution >= 4 is 21.8 Å². The maximum atomic E-state index is 13.5. The first kappa shape index (κ1) is 22.0. The van der Waals surface area contributed by atoms with Gasteiger partial charge in [-0.2, -0.15) is 0 Å². The van der Waals surface area contributed by atoms with Crippen LogP contribution in [0.15, 0.2) is 120 Å². The molecule has 4 aromatic rings. The first-order valence-electron chi connectivity index (χ1n) is 10.3. The summed E-state index contributed by atoms with van der Waals surface area (Å²) >= 11 is 3.52. The van der Waals surface area contributed by atoms with Crippen LogP contribution in [0.5, 0.6) is 0 Å². The Hall–Kier alpha value is -3.25. The van der Waals surface area contributed by atoms with Crippen molar-refractivity contribution in [3.05, 3.63) is 142 Å². The summed E-state index contributed by atoms with van der Waals surface area (Å²) in [6, 6.07) is 35.3. The van der Waals surface area contributed by atoms with Gasteiger partial charge in [0.25, 0.3) is 5.91 Å². The zero-order valence-electron chi connectivity index (χ0n) is 17.3. The molecular formula is C27H23BrN2O2. The molecule has 0 aliphatic rings. The monoisotopic (exact) mass is 486 g/mol. The van der Waals surface area contributed by atoms with E-state index in [4.69, 9.17) is 0 Å². The minimum atomic E-state index is -1.85. The molecule has 0 radical (unpaired) electrons. The van der Waals surface area contributed by atoms with Gasteiger partial charge in [0.2, 0.25) is 0 Å². The molecule has 0 spiro atoms. The van der Waals surface area contributed by atoms with E-state index in [2.05, 4.69) is 26.8 Å². The van der Waals surface area contributed by atoms with Gasteiger partial charge in [0.05, 0.1) is 6.04 Å². The van der Waals surface area contributed by atoms with E-state index in [-0.39, 0.29) is 6.04 Å². The van der Waals surface area contributed by atoms with E-state index in [9.17, 15) is 9.90 Å². The molecule has 1 unspecified atom stereocenters. The van der Waals surface area contributed by atoms with Crippen molar-refractivity contribution < 1.29 is 9.90 Å². The van der Waals surface area contributed by atoms with Crippen molar-refractivity contribution in [2.45, 2.75) is 11.6 Å². The van der Waals surface area contributed by atoms with Crippen LogP contribution in [-0.4, -0.2) is 11.0 Å². The van der Waals surface area contributed by atoms with Gasteiger partial charge in [-0.3, -0.25) is 10.2 Å². The Labute approximate surface area is 196 Å². The number of halogens is 1. The topological polar surface area (TPSA) is 61.4 Å². The van der Waals surface area contributed by atoms with E-state index in [1.807, 2.05) is 66.7 Å². The van der Waals surface area contributed by atoms with Gasteiger partial charge in [0.1, 0.15) is 0 Å². The van der Waals surface area contributed by atoms with Crippen LogP contribution in [0.2, 0.25) is 0 Å². The van der Waals surface area contributed by atoms with Gasteiger partial charge in [-0.05, 0) is 34.4 Å². The molecule has 32 heavy (non-hydrogen) atoms. The molecule has 4 nitrogen and oxygen atoms in total. The smallest absolute Gasteiger partial charge is 0.275 e. The molecule has 0 saturated carbocycles. The third kappa shape index (κ3) is 4.65. The number of hydrazine groups is 1. The van der Waals surface area contributed by atoms with E-state index in [0.717, 1.165) is 15.6 Å². The second kappa shape index (κ2) is 9.92. The van der Waals surface area contributed by atoms with E-state index >= 15 is 0 Å². The van der Waals surface area contributed by atoms with Crippen LogP contribution in [-0.2, 0) is 10.4 Å². The van der Waals surface area contributed by atoms with Crippen molar-refractivity contribution in [3.8, 4) is 0 Å². The Kier molecular flexibility index (Phi) is 6.81. The fourth-order valence-corrected chi connectivity index (χ4v) is 4.12. The van der Waals surface area contributed by atoms with Crippen LogP contribution < -0.4 is 10.9 Å². The normalized spacial score (nSPS) is 12.2. The largest absolute Gasteiger partial charge is 0.372 e. The zero-order chi connectivity index (χ0) is 22.4. The fraction of sp³-hybridized carbons (Fsp3) is 0.0741. The average Bonchev–Trinajstić information content (AvgIpc) is 2.85. The first-order chi connectivity index (χ1) is 15.6. The van der Waals surface area contributed by atoms with Crippen LogP contribution in [0.4, 0.5) is 0 Å². The molecule has 0 heterocycles. The minimum absolute atomic E-state index is 0.312. The van der Waals surface area contributed by atoms with Gasteiger partial charge < -0.3 is 5.11 Å². The number of carbonyl (C=O) groups excluding carboxylic acids is 1. The van der Waals surface area contributed by atoms with Gasteiger partial charge >= 0.3 is 0 Å². The van der Waals surface area contributed by atoms with Crippen LogP contribution in [0.25, 0.3) is 0 Å². The highest BCUT2D eigenvalue weighted by Gasteiger charge is 2.40. The molecule has 3 N–H and O–H groups in total. The molecule has 4 rings (SSSR count). The maximum absolute atomic E-state index is 13.5. The van der Waals surface area contributed by atoms with E-state index < -0.39 is 11.5 Å². The molecule has 0 bridgehead atoms. The van der Waals surface area contributed by atoms with Crippen molar-refractivity contribution in [1.29, 1.82) is 0 Å². The standard InChI is InChI=1S/C27H23BrN2O2/c28-24-18-10-13-21(19-24)25(20-11-4-1-5-12-20)29-30-26(31)27(32,22-14-6-2-7-15-22)23-16-8-3-9-17-23/h1-19,25,29,32H,(H,30,31). The number of nitrogens with one attached hydrogen (secondary N) is 2. The zero-order valence-corrected chi connectivity index (χ0v) is 18.9. The van der Waals surface area contributed by atoms with E-state index in [1.165, 1.54) is 0 Å². The van der Waals surface area contributed by atoms with Gasteiger partial charge in [0, 0.05) is 4.47 Å². The number of benzene rings is 4. The quantitative estimate of drug-likeness (QED) is 0.318. The van der Waals surface area contributed by atoms with Crippen molar-refractivity contribution in [3.63, 3.8) is 0 Å². The van der Waals surface area contributed by atoms with Crippen molar-refractivity contribution in [1.82, 2.24) is 10.9 Å². The van der Waals surface area contributed by atoms with Crippen molar-refractivity contribution in [2.75, 3.05) is 0 Å². The first-order valence-corrected chi connectivity index (χ1v) is 11.1. The molecule has 160 valence electrons. The summed E-state index contributed by atoms with van der Waals surface area (Å²) in [6.07, 6.45) is 0. The highest BCUT2D eigenvalue weighted by atomic mass is 79.9. The average molecular weight is 487 g/mol. The lowest BCUT2D eigenvalue weighted by Gasteiger charge is -2.29. The summed E-state index contributed by atoms with van der Waals surface area (Å²) in [6.45, 7) is 0. The predicted molar refractivity (Wildman–Crippen MR) is 130 cm³/mol. The predicted octanol–water partition coefficient (Wildman–Crippen LogP) is 5.10. The number of aliphatic hydroxyl groups is 1. The highest BCUT2D eigenvalue weighted by Crippen LogP contribution is 2.30. The van der Waals surface area contributed by atoms with Gasteiger partial charge in [-0.15, -0.1) is 0 Å². The number of hydrogen-bond donors (Lipinski definition) is 3. The van der Waals surface area contributed by atoms with E-state index in [0.29, 0.717) is 11.1 Å². The van der Waals surface area contributed by atoms with Crippen LogP contribution in [0, 0.1) is 0 Å². The molecule has 4 aromatic carbocycles. The lowest BCUT2D eigenvalue weighted by Crippen LogP contribution is -2.51. The van der Waals surface area contributed by atoms with Gasteiger partial charge in [-0.25, -0.2) is 5.43 Å². The van der Waals surface area contributed by atoms with E-state index in [1.54, 1.807) is 48.5 Å². The SMILES string of the molecule is O=C(NNC(c1ccccc1)c1cccc(Br)c1)C(O)(c1ccccc1)c1ccccc1. The summed E-state index contributed by atoms with van der Waals surface area (Å²) in [5, 5.41) is 11.7. The second-order valence-corrected chi connectivity index (χ2v) is 8.36. The molecule has 0 saturated heterocycles. The third-order valence-corrected chi connectivity index (χ3v) is 5.85. The molecule has 0 aromatic heterocycles. The molecule has 0 aliphatic carbocycles. The summed E-state index contributed by atoms with van der Waals surface area (Å²) in [7, 11) is 0. The number of amides is 1. The van der Waals surface area contributed by atoms with Crippen molar-refractivity contribution in [2.24, 2.45) is 0 Å². The molecule has 5 heteroatoms. The Morgan fingerprint density at radius 2 is 1.22 bits per heavy atom. The Morgan fingerprint density at radius 1 is 0.719 bits per heavy atom. The summed E-state index contributed by atoms with van der Waals surface area (Å²) in [5.41, 5.74) is 7.00. The minimum Gasteiger partial charge on any atom is -0.372 e. The summed E-state index contributed by atoms with van der Waals surface area (Å²) in [5.74, 6) is -0.564. The number of carbonyl (C=O) groups is 1. The molecular weight excluding hydrogens is 464 g/mol. The summed E-state index contributed by atoms with van der Waals surface area (Å²) in [4.78, 5) is 13.5. The maximum Gasteiger partial charge on any atom is 0.275 e. The Bertz CT molecular complexity index is 1130. The van der Waals surface area contributed by atoms with Crippen LogP contribution in [0.1, 0.15) is 28.3 Å². The lowest BCUT2D eigenvalue weighted by atomic mass is 9.85. The van der Waals surface area contributed by atoms with Gasteiger partial charge in [-0.1, -0.05) is 119 Å². The molecule has 1 atom stereocenters. The van der Waals surface area contributed by atoms with Gasteiger partial charge in [0.15, 0.2) is 5.60 Å². The molecule has 1 amide bonds. The lowest BCUT2D eigenvalue weighted by molar-refractivity contribution is -0.138. The third-order valence-electron chi connectivity index (χ3n) is 5.36. The second-order valence-electron chi connectivity index (χ2n) is 7.44. The Balaban J connectivity index is 1.67. The number of hydrogen-bond acceptors (Lipinski definition) is 3. The molecule has 0 aliphatic heterocycles. The highest BCUT2D eigenvalue weighted by molar-refractivity contribution is 9.10. The van der Waals surface area contributed by atoms with Crippen LogP contribution >= 0.6 is 15.9 Å². The molecule has 0 fully saturated rings. The summed E-state index contributed by atoms with van der Waals surface area (Å²) < 4.78 is 0.939. The van der Waals surface area contributed by atoms with Crippen LogP contribution in [0.3, 0.4) is 0 Å².